The van der Waals surface area contributed by atoms with E-state index < -0.39 is 0 Å². The highest BCUT2D eigenvalue weighted by atomic mass is 16.5. The van der Waals surface area contributed by atoms with Crippen molar-refractivity contribution in [2.75, 3.05) is 14.2 Å². The number of nitrogens with zero attached hydrogens (tertiary/aromatic N) is 4. The quantitative estimate of drug-likeness (QED) is 0.529. The van der Waals surface area contributed by atoms with Crippen LogP contribution in [0.1, 0.15) is 11.1 Å². The lowest BCUT2D eigenvalue weighted by Gasteiger charge is -2.17. The Labute approximate surface area is 126 Å². The Balaban J connectivity index is 2.47. The SMILES string of the molecule is COc1c(OC)c2ncnc3c(C)c(C)c4ncnc1c4c32. The van der Waals surface area contributed by atoms with Crippen molar-refractivity contribution in [3.63, 3.8) is 0 Å². The average Bonchev–Trinajstić information content (AvgIpc) is 2.56. The van der Waals surface area contributed by atoms with E-state index in [9.17, 15) is 0 Å². The van der Waals surface area contributed by atoms with Crippen LogP contribution in [-0.2, 0) is 0 Å². The van der Waals surface area contributed by atoms with Crippen LogP contribution in [0, 0.1) is 13.8 Å². The predicted octanol–water partition coefficient (Wildman–Crippen LogP) is 2.80. The maximum Gasteiger partial charge on any atom is 0.189 e. The number of methoxy groups -OCH3 is 2. The molecule has 6 nitrogen and oxygen atoms in total. The first-order valence-electron chi connectivity index (χ1n) is 6.90. The molecule has 2 heterocycles. The fourth-order valence-corrected chi connectivity index (χ4v) is 3.11. The molecule has 0 atom stereocenters. The van der Waals surface area contributed by atoms with E-state index in [0.29, 0.717) is 11.5 Å². The Morgan fingerprint density at radius 2 is 1.00 bits per heavy atom. The van der Waals surface area contributed by atoms with Crippen LogP contribution in [0.3, 0.4) is 0 Å². The van der Waals surface area contributed by atoms with E-state index in [-0.39, 0.29) is 0 Å². The van der Waals surface area contributed by atoms with Gasteiger partial charge >= 0.3 is 0 Å². The number of ether oxygens (including phenoxy) is 2. The van der Waals surface area contributed by atoms with Gasteiger partial charge in [-0.3, -0.25) is 0 Å². The van der Waals surface area contributed by atoms with Crippen molar-refractivity contribution >= 4 is 32.8 Å². The van der Waals surface area contributed by atoms with Gasteiger partial charge in [0.15, 0.2) is 11.5 Å². The number of rotatable bonds is 2. The van der Waals surface area contributed by atoms with Crippen molar-refractivity contribution < 1.29 is 9.47 Å². The van der Waals surface area contributed by atoms with Crippen molar-refractivity contribution in [3.05, 3.63) is 23.8 Å². The van der Waals surface area contributed by atoms with Gasteiger partial charge in [0.05, 0.1) is 25.3 Å². The van der Waals surface area contributed by atoms with Crippen LogP contribution in [0.25, 0.3) is 32.8 Å². The first-order chi connectivity index (χ1) is 10.7. The number of hydrogen-bond acceptors (Lipinski definition) is 6. The molecule has 4 aromatic rings. The molecule has 0 saturated carbocycles. The zero-order chi connectivity index (χ0) is 15.4. The molecule has 0 spiro atoms. The minimum absolute atomic E-state index is 0.575. The van der Waals surface area contributed by atoms with Crippen molar-refractivity contribution in [3.8, 4) is 11.5 Å². The molecule has 2 aromatic heterocycles. The predicted molar refractivity (Wildman–Crippen MR) is 83.9 cm³/mol. The monoisotopic (exact) mass is 294 g/mol. The van der Waals surface area contributed by atoms with Crippen LogP contribution >= 0.6 is 0 Å². The minimum atomic E-state index is 0.575. The van der Waals surface area contributed by atoms with Crippen molar-refractivity contribution in [1.82, 2.24) is 19.9 Å². The van der Waals surface area contributed by atoms with Gasteiger partial charge in [0, 0.05) is 10.8 Å². The third-order valence-electron chi connectivity index (χ3n) is 4.26. The molecule has 0 radical (unpaired) electrons. The number of hydrogen-bond donors (Lipinski definition) is 0. The van der Waals surface area contributed by atoms with Gasteiger partial charge in [-0.2, -0.15) is 0 Å². The Morgan fingerprint density at radius 1 is 0.636 bits per heavy atom. The highest BCUT2D eigenvalue weighted by Gasteiger charge is 2.24. The fraction of sp³-hybridized carbons (Fsp3) is 0.250. The van der Waals surface area contributed by atoms with E-state index in [2.05, 4.69) is 19.9 Å². The molecule has 0 aliphatic heterocycles. The van der Waals surface area contributed by atoms with Crippen molar-refractivity contribution in [2.24, 2.45) is 0 Å². The summed E-state index contributed by atoms with van der Waals surface area (Å²) < 4.78 is 11.1. The smallest absolute Gasteiger partial charge is 0.189 e. The van der Waals surface area contributed by atoms with Crippen LogP contribution in [0.5, 0.6) is 11.5 Å². The van der Waals surface area contributed by atoms with Gasteiger partial charge in [-0.1, -0.05) is 0 Å². The Morgan fingerprint density at radius 3 is 1.36 bits per heavy atom. The highest BCUT2D eigenvalue weighted by molar-refractivity contribution is 6.24. The lowest BCUT2D eigenvalue weighted by molar-refractivity contribution is 0.361. The molecule has 0 bridgehead atoms. The van der Waals surface area contributed by atoms with Crippen LogP contribution in [0.15, 0.2) is 12.7 Å². The summed E-state index contributed by atoms with van der Waals surface area (Å²) in [7, 11) is 3.21. The molecule has 0 unspecified atom stereocenters. The summed E-state index contributed by atoms with van der Waals surface area (Å²) in [6.45, 7) is 4.09. The average molecular weight is 294 g/mol. The molecular formula is C16H14N4O2. The van der Waals surface area contributed by atoms with Crippen LogP contribution in [-0.4, -0.2) is 34.2 Å². The topological polar surface area (TPSA) is 70.0 Å². The van der Waals surface area contributed by atoms with E-state index in [1.54, 1.807) is 26.9 Å². The third-order valence-corrected chi connectivity index (χ3v) is 4.26. The first kappa shape index (κ1) is 12.9. The second-order valence-electron chi connectivity index (χ2n) is 5.21. The Hall–Kier alpha value is -2.76. The lowest BCUT2D eigenvalue weighted by atomic mass is 9.96. The molecule has 0 saturated heterocycles. The summed E-state index contributed by atoms with van der Waals surface area (Å²) in [5, 5.41) is 1.85. The van der Waals surface area contributed by atoms with Crippen LogP contribution in [0.4, 0.5) is 0 Å². The first-order valence-corrected chi connectivity index (χ1v) is 6.90. The second-order valence-corrected chi connectivity index (χ2v) is 5.21. The van der Waals surface area contributed by atoms with Gasteiger partial charge in [-0.25, -0.2) is 19.9 Å². The van der Waals surface area contributed by atoms with E-state index in [4.69, 9.17) is 9.47 Å². The van der Waals surface area contributed by atoms with Gasteiger partial charge in [-0.05, 0) is 25.0 Å². The number of aromatic nitrogens is 4. The summed E-state index contributed by atoms with van der Waals surface area (Å²) in [5.74, 6) is 1.15. The van der Waals surface area contributed by atoms with Gasteiger partial charge in [0.2, 0.25) is 0 Å². The largest absolute Gasteiger partial charge is 0.491 e. The minimum Gasteiger partial charge on any atom is -0.491 e. The fourth-order valence-electron chi connectivity index (χ4n) is 3.11. The van der Waals surface area contributed by atoms with Crippen molar-refractivity contribution in [1.29, 1.82) is 0 Å². The maximum atomic E-state index is 5.55. The molecule has 0 fully saturated rings. The Bertz CT molecular complexity index is 946. The molecule has 0 aliphatic carbocycles. The molecule has 0 amide bonds. The van der Waals surface area contributed by atoms with Gasteiger partial charge in [0.1, 0.15) is 23.7 Å². The van der Waals surface area contributed by atoms with E-state index in [1.165, 1.54) is 0 Å². The summed E-state index contributed by atoms with van der Waals surface area (Å²) in [5.41, 5.74) is 5.42. The molecule has 4 rings (SSSR count). The van der Waals surface area contributed by atoms with Crippen LogP contribution in [0.2, 0.25) is 0 Å². The molecule has 6 heteroatoms. The molecule has 22 heavy (non-hydrogen) atoms. The van der Waals surface area contributed by atoms with E-state index in [0.717, 1.165) is 44.0 Å². The molecule has 0 aliphatic rings. The highest BCUT2D eigenvalue weighted by Crippen LogP contribution is 2.45. The molecule has 110 valence electrons. The summed E-state index contributed by atoms with van der Waals surface area (Å²) in [6, 6.07) is 0. The summed E-state index contributed by atoms with van der Waals surface area (Å²) >= 11 is 0. The standard InChI is InChI=1S/C16H14N4O2/c1-7-8(2)12-10-9-11(7)17-5-19-13(9)15(21-3)16(22-4)14(10)20-6-18-12/h5-6H,1-4H3. The zero-order valence-electron chi connectivity index (χ0n) is 12.8. The van der Waals surface area contributed by atoms with Gasteiger partial charge in [0.25, 0.3) is 0 Å². The van der Waals surface area contributed by atoms with Gasteiger partial charge < -0.3 is 9.47 Å². The second kappa shape index (κ2) is 4.37. The third kappa shape index (κ3) is 1.39. The van der Waals surface area contributed by atoms with Crippen LogP contribution < -0.4 is 9.47 Å². The zero-order valence-corrected chi connectivity index (χ0v) is 12.8. The maximum absolute atomic E-state index is 5.55. The van der Waals surface area contributed by atoms with E-state index >= 15 is 0 Å². The van der Waals surface area contributed by atoms with Crippen molar-refractivity contribution in [2.45, 2.75) is 13.8 Å². The number of benzene rings is 2. The lowest BCUT2D eigenvalue weighted by Crippen LogP contribution is -2.02. The number of aryl methyl sites for hydroxylation is 2. The summed E-state index contributed by atoms with van der Waals surface area (Å²) in [4.78, 5) is 17.7. The molecule has 2 aromatic carbocycles. The Kier molecular flexibility index (Phi) is 2.57. The normalized spacial score (nSPS) is 11.6. The van der Waals surface area contributed by atoms with E-state index in [1.807, 2.05) is 13.8 Å². The molecular weight excluding hydrogens is 280 g/mol. The summed E-state index contributed by atoms with van der Waals surface area (Å²) in [6.07, 6.45) is 3.11. The molecule has 0 N–H and O–H groups in total. The van der Waals surface area contributed by atoms with Gasteiger partial charge in [-0.15, -0.1) is 0 Å².